The highest BCUT2D eigenvalue weighted by Gasteiger charge is 2.43. The second-order valence-corrected chi connectivity index (χ2v) is 9.19. The number of nitrogens with zero attached hydrogens (tertiary/aromatic N) is 1. The Labute approximate surface area is 153 Å². The monoisotopic (exact) mass is 380 g/mol. The molecule has 1 atom stereocenters. The molecule has 0 bridgehead atoms. The fourth-order valence-corrected chi connectivity index (χ4v) is 5.27. The SMILES string of the molecule is O=C(N[C@@H]1CCOC1)c1cccc(S(=O)(=O)N2CCC3(CCO3)CC2)c1. The maximum Gasteiger partial charge on any atom is 0.251 e. The van der Waals surface area contributed by atoms with Gasteiger partial charge in [-0.05, 0) is 43.9 Å². The lowest BCUT2D eigenvalue weighted by Crippen LogP contribution is -2.53. The largest absolute Gasteiger partial charge is 0.379 e. The van der Waals surface area contributed by atoms with Crippen LogP contribution in [0.25, 0.3) is 0 Å². The van der Waals surface area contributed by atoms with Gasteiger partial charge in [-0.25, -0.2) is 8.42 Å². The van der Waals surface area contributed by atoms with E-state index >= 15 is 0 Å². The molecular formula is C18H24N2O5S. The zero-order valence-corrected chi connectivity index (χ0v) is 15.5. The minimum atomic E-state index is -3.61. The Bertz CT molecular complexity index is 775. The molecule has 8 heteroatoms. The molecule has 0 saturated carbocycles. The minimum absolute atomic E-state index is 0.0106. The highest BCUT2D eigenvalue weighted by atomic mass is 32.2. The number of sulfonamides is 1. The van der Waals surface area contributed by atoms with Crippen LogP contribution in [-0.2, 0) is 19.5 Å². The van der Waals surface area contributed by atoms with Gasteiger partial charge in [-0.15, -0.1) is 0 Å². The van der Waals surface area contributed by atoms with Crippen molar-refractivity contribution in [2.24, 2.45) is 0 Å². The zero-order valence-electron chi connectivity index (χ0n) is 14.6. The molecule has 26 heavy (non-hydrogen) atoms. The minimum Gasteiger partial charge on any atom is -0.379 e. The molecule has 0 unspecified atom stereocenters. The van der Waals surface area contributed by atoms with Crippen molar-refractivity contribution in [3.63, 3.8) is 0 Å². The molecule has 1 aromatic rings. The molecule has 1 aromatic carbocycles. The van der Waals surface area contributed by atoms with Crippen molar-refractivity contribution in [1.82, 2.24) is 9.62 Å². The lowest BCUT2D eigenvalue weighted by atomic mass is 9.85. The first-order valence-corrected chi connectivity index (χ1v) is 10.6. The van der Waals surface area contributed by atoms with Gasteiger partial charge in [-0.2, -0.15) is 4.31 Å². The topological polar surface area (TPSA) is 84.9 Å². The number of nitrogens with one attached hydrogen (secondary N) is 1. The van der Waals surface area contributed by atoms with Crippen molar-refractivity contribution in [2.45, 2.75) is 42.2 Å². The Hall–Kier alpha value is -1.48. The highest BCUT2D eigenvalue weighted by Crippen LogP contribution is 2.38. The van der Waals surface area contributed by atoms with Gasteiger partial charge in [0.1, 0.15) is 0 Å². The Balaban J connectivity index is 1.47. The number of carbonyl (C=O) groups is 1. The first-order valence-electron chi connectivity index (χ1n) is 9.11. The Morgan fingerprint density at radius 2 is 1.96 bits per heavy atom. The van der Waals surface area contributed by atoms with Crippen LogP contribution in [-0.4, -0.2) is 63.2 Å². The van der Waals surface area contributed by atoms with E-state index < -0.39 is 10.0 Å². The molecule has 3 aliphatic heterocycles. The summed E-state index contributed by atoms with van der Waals surface area (Å²) in [7, 11) is -3.61. The predicted molar refractivity (Wildman–Crippen MR) is 94.4 cm³/mol. The average molecular weight is 380 g/mol. The molecule has 4 rings (SSSR count). The molecule has 3 aliphatic rings. The molecule has 3 saturated heterocycles. The van der Waals surface area contributed by atoms with E-state index in [0.717, 1.165) is 32.3 Å². The van der Waals surface area contributed by atoms with Gasteiger partial charge in [-0.1, -0.05) is 6.07 Å². The van der Waals surface area contributed by atoms with E-state index in [1.807, 2.05) is 0 Å². The van der Waals surface area contributed by atoms with Crippen molar-refractivity contribution in [1.29, 1.82) is 0 Å². The van der Waals surface area contributed by atoms with Crippen molar-refractivity contribution < 1.29 is 22.7 Å². The second-order valence-electron chi connectivity index (χ2n) is 7.25. The van der Waals surface area contributed by atoms with Crippen molar-refractivity contribution in [3.05, 3.63) is 29.8 Å². The van der Waals surface area contributed by atoms with Gasteiger partial charge in [0, 0.05) is 25.3 Å². The smallest absolute Gasteiger partial charge is 0.251 e. The van der Waals surface area contributed by atoms with Crippen LogP contribution in [0.5, 0.6) is 0 Å². The van der Waals surface area contributed by atoms with Crippen LogP contribution in [0, 0.1) is 0 Å². The second kappa shape index (κ2) is 6.92. The van der Waals surface area contributed by atoms with Gasteiger partial charge in [0.25, 0.3) is 5.91 Å². The van der Waals surface area contributed by atoms with E-state index in [2.05, 4.69) is 5.32 Å². The van der Waals surface area contributed by atoms with Crippen molar-refractivity contribution in [3.8, 4) is 0 Å². The summed E-state index contributed by atoms with van der Waals surface area (Å²) in [6.07, 6.45) is 3.25. The summed E-state index contributed by atoms with van der Waals surface area (Å²) in [4.78, 5) is 12.6. The fourth-order valence-electron chi connectivity index (χ4n) is 3.78. The molecule has 0 radical (unpaired) electrons. The van der Waals surface area contributed by atoms with Crippen LogP contribution in [0.1, 0.15) is 36.0 Å². The molecule has 142 valence electrons. The van der Waals surface area contributed by atoms with Crippen molar-refractivity contribution >= 4 is 15.9 Å². The number of piperidine rings is 1. The Morgan fingerprint density at radius 1 is 1.19 bits per heavy atom. The van der Waals surface area contributed by atoms with Crippen LogP contribution >= 0.6 is 0 Å². The van der Waals surface area contributed by atoms with Crippen molar-refractivity contribution in [2.75, 3.05) is 32.9 Å². The summed E-state index contributed by atoms with van der Waals surface area (Å²) < 4.78 is 38.3. The number of hydrogen-bond acceptors (Lipinski definition) is 5. The molecule has 1 spiro atoms. The summed E-state index contributed by atoms with van der Waals surface area (Å²) in [6.45, 7) is 2.83. The molecule has 3 fully saturated rings. The van der Waals surface area contributed by atoms with Gasteiger partial charge in [-0.3, -0.25) is 4.79 Å². The third kappa shape index (κ3) is 3.38. The summed E-state index contributed by atoms with van der Waals surface area (Å²) in [5, 5.41) is 2.89. The average Bonchev–Trinajstić information content (AvgIpc) is 3.13. The summed E-state index contributed by atoms with van der Waals surface area (Å²) in [5.74, 6) is -0.266. The summed E-state index contributed by atoms with van der Waals surface area (Å²) >= 11 is 0. The van der Waals surface area contributed by atoms with Gasteiger partial charge in [0.05, 0.1) is 29.8 Å². The summed E-state index contributed by atoms with van der Waals surface area (Å²) in [5.41, 5.74) is 0.255. The molecule has 0 aromatic heterocycles. The normalized spacial score (nSPS) is 25.8. The number of benzene rings is 1. The van der Waals surface area contributed by atoms with Gasteiger partial charge >= 0.3 is 0 Å². The highest BCUT2D eigenvalue weighted by molar-refractivity contribution is 7.89. The molecule has 0 aliphatic carbocycles. The number of carbonyl (C=O) groups excluding carboxylic acids is 1. The quantitative estimate of drug-likeness (QED) is 0.847. The zero-order chi connectivity index (χ0) is 18.2. The summed E-state index contributed by atoms with van der Waals surface area (Å²) in [6, 6.07) is 6.26. The molecule has 3 heterocycles. The van der Waals surface area contributed by atoms with E-state index in [0.29, 0.717) is 31.9 Å². The maximum atomic E-state index is 13.0. The fraction of sp³-hybridized carbons (Fsp3) is 0.611. The van der Waals surface area contributed by atoms with Crippen LogP contribution in [0.2, 0.25) is 0 Å². The predicted octanol–water partition coefficient (Wildman–Crippen LogP) is 1.15. The van der Waals surface area contributed by atoms with Crippen LogP contribution in [0.4, 0.5) is 0 Å². The molecule has 7 nitrogen and oxygen atoms in total. The van der Waals surface area contributed by atoms with E-state index in [1.165, 1.54) is 10.4 Å². The van der Waals surface area contributed by atoms with E-state index in [-0.39, 0.29) is 22.4 Å². The lowest BCUT2D eigenvalue weighted by Gasteiger charge is -2.47. The Kier molecular flexibility index (Phi) is 4.77. The number of hydrogen-bond donors (Lipinski definition) is 1. The Morgan fingerprint density at radius 3 is 2.58 bits per heavy atom. The van der Waals surface area contributed by atoms with Crippen LogP contribution < -0.4 is 5.32 Å². The van der Waals surface area contributed by atoms with Gasteiger partial charge < -0.3 is 14.8 Å². The number of ether oxygens (including phenoxy) is 2. The van der Waals surface area contributed by atoms with E-state index in [9.17, 15) is 13.2 Å². The third-order valence-corrected chi connectivity index (χ3v) is 7.49. The third-order valence-electron chi connectivity index (χ3n) is 5.60. The van der Waals surface area contributed by atoms with Gasteiger partial charge in [0.15, 0.2) is 0 Å². The van der Waals surface area contributed by atoms with E-state index in [4.69, 9.17) is 9.47 Å². The number of rotatable bonds is 4. The van der Waals surface area contributed by atoms with Crippen LogP contribution in [0.3, 0.4) is 0 Å². The van der Waals surface area contributed by atoms with Gasteiger partial charge in [0.2, 0.25) is 10.0 Å². The van der Waals surface area contributed by atoms with E-state index in [1.54, 1.807) is 18.2 Å². The van der Waals surface area contributed by atoms with Crippen LogP contribution in [0.15, 0.2) is 29.2 Å². The first-order chi connectivity index (χ1) is 12.5. The molecule has 1 N–H and O–H groups in total. The standard InChI is InChI=1S/C18H24N2O5S/c21-17(19-15-4-10-24-13-15)14-2-1-3-16(12-14)26(22,23)20-8-5-18(6-9-20)7-11-25-18/h1-3,12,15H,4-11,13H2,(H,19,21)/t15-/m1/s1. The molecule has 1 amide bonds. The lowest BCUT2D eigenvalue weighted by molar-refractivity contribution is -0.167. The first kappa shape index (κ1) is 17.9. The molecular weight excluding hydrogens is 356 g/mol. The maximum absolute atomic E-state index is 13.0. The number of amides is 1.